The second-order valence-electron chi connectivity index (χ2n) is 7.01. The summed E-state index contributed by atoms with van der Waals surface area (Å²) in [5, 5.41) is 9.53. The van der Waals surface area contributed by atoms with Crippen LogP contribution in [-0.4, -0.2) is 35.0 Å². The number of carboxylic acids is 1. The summed E-state index contributed by atoms with van der Waals surface area (Å²) < 4.78 is 6.08. The monoisotopic (exact) mass is 413 g/mol. The number of carboxylic acid groups (broad SMARTS) is 1. The van der Waals surface area contributed by atoms with Crippen molar-refractivity contribution in [1.82, 2.24) is 4.90 Å². The Labute approximate surface area is 173 Å². The molecule has 0 saturated carbocycles. The van der Waals surface area contributed by atoms with Crippen LogP contribution in [0.5, 0.6) is 0 Å². The van der Waals surface area contributed by atoms with E-state index in [0.29, 0.717) is 29.7 Å². The standard InChI is InChI=1S/C22H19NO5.ClH/c1-13-18(24)16-8-5-9-17(21(25)23-11-10-15(12-23)22(26)27)20(16)28-19(13)14-6-3-2-4-7-14;/h2-9,15H,10-12H2,1H3,(H,26,27);1H. The second kappa shape index (κ2) is 8.09. The van der Waals surface area contributed by atoms with Crippen molar-refractivity contribution in [2.24, 2.45) is 5.92 Å². The minimum atomic E-state index is -0.901. The van der Waals surface area contributed by atoms with Gasteiger partial charge in [-0.1, -0.05) is 36.4 Å². The van der Waals surface area contributed by atoms with E-state index in [2.05, 4.69) is 0 Å². The first-order valence-electron chi connectivity index (χ1n) is 9.11. The lowest BCUT2D eigenvalue weighted by atomic mass is 10.0. The first-order chi connectivity index (χ1) is 13.5. The highest BCUT2D eigenvalue weighted by molar-refractivity contribution is 6.05. The second-order valence-corrected chi connectivity index (χ2v) is 7.01. The average Bonchev–Trinajstić information content (AvgIpc) is 3.21. The van der Waals surface area contributed by atoms with Gasteiger partial charge < -0.3 is 14.4 Å². The van der Waals surface area contributed by atoms with Crippen LogP contribution in [-0.2, 0) is 4.79 Å². The molecule has 0 spiro atoms. The van der Waals surface area contributed by atoms with E-state index in [4.69, 9.17) is 4.42 Å². The molecule has 2 aromatic carbocycles. The molecular weight excluding hydrogens is 394 g/mol. The smallest absolute Gasteiger partial charge is 0.308 e. The quantitative estimate of drug-likeness (QED) is 0.706. The fraction of sp³-hybridized carbons (Fsp3) is 0.227. The van der Waals surface area contributed by atoms with E-state index in [9.17, 15) is 19.5 Å². The van der Waals surface area contributed by atoms with Crippen LogP contribution >= 0.6 is 12.4 Å². The predicted molar refractivity (Wildman–Crippen MR) is 112 cm³/mol. The number of carbonyl (C=O) groups is 2. The van der Waals surface area contributed by atoms with Gasteiger partial charge in [0, 0.05) is 24.2 Å². The van der Waals surface area contributed by atoms with Gasteiger partial charge in [0.2, 0.25) is 0 Å². The number of halogens is 1. The molecule has 0 bridgehead atoms. The summed E-state index contributed by atoms with van der Waals surface area (Å²) in [5.41, 5.74) is 1.57. The Balaban J connectivity index is 0.00000240. The molecule has 1 unspecified atom stereocenters. The lowest BCUT2D eigenvalue weighted by molar-refractivity contribution is -0.141. The van der Waals surface area contributed by atoms with Crippen LogP contribution < -0.4 is 5.43 Å². The van der Waals surface area contributed by atoms with Gasteiger partial charge in [0.25, 0.3) is 5.91 Å². The largest absolute Gasteiger partial charge is 0.481 e. The molecule has 29 heavy (non-hydrogen) atoms. The molecule has 0 aliphatic carbocycles. The maximum Gasteiger partial charge on any atom is 0.308 e. The summed E-state index contributed by atoms with van der Waals surface area (Å²) in [5.74, 6) is -1.35. The Hall–Kier alpha value is -3.12. The van der Waals surface area contributed by atoms with E-state index in [1.54, 1.807) is 25.1 Å². The Morgan fingerprint density at radius 1 is 1.10 bits per heavy atom. The lowest BCUT2D eigenvalue weighted by Gasteiger charge is -2.17. The summed E-state index contributed by atoms with van der Waals surface area (Å²) in [7, 11) is 0. The Bertz CT molecular complexity index is 1140. The number of likely N-dealkylation sites (tertiary alicyclic amines) is 1. The van der Waals surface area contributed by atoms with E-state index in [-0.39, 0.29) is 41.4 Å². The molecule has 1 amide bonds. The molecule has 1 atom stereocenters. The zero-order valence-corrected chi connectivity index (χ0v) is 16.6. The molecule has 2 heterocycles. The molecule has 1 aliphatic heterocycles. The Morgan fingerprint density at radius 2 is 1.83 bits per heavy atom. The van der Waals surface area contributed by atoms with Gasteiger partial charge in [-0.25, -0.2) is 0 Å². The van der Waals surface area contributed by atoms with Crippen molar-refractivity contribution < 1.29 is 19.1 Å². The number of amides is 1. The summed E-state index contributed by atoms with van der Waals surface area (Å²) in [6.07, 6.45) is 0.421. The molecular formula is C22H20ClNO5. The number of rotatable bonds is 3. The Morgan fingerprint density at radius 3 is 2.48 bits per heavy atom. The van der Waals surface area contributed by atoms with E-state index >= 15 is 0 Å². The van der Waals surface area contributed by atoms with Gasteiger partial charge in [0.15, 0.2) is 11.0 Å². The maximum absolute atomic E-state index is 13.0. The van der Waals surface area contributed by atoms with Gasteiger partial charge in [-0.15, -0.1) is 12.4 Å². The normalized spacial score (nSPS) is 15.9. The molecule has 0 radical (unpaired) electrons. The summed E-state index contributed by atoms with van der Waals surface area (Å²) in [6.45, 7) is 2.24. The average molecular weight is 414 g/mol. The van der Waals surface area contributed by atoms with Crippen molar-refractivity contribution in [3.8, 4) is 11.3 Å². The van der Waals surface area contributed by atoms with Crippen molar-refractivity contribution in [3.05, 3.63) is 69.9 Å². The van der Waals surface area contributed by atoms with Crippen molar-refractivity contribution in [1.29, 1.82) is 0 Å². The van der Waals surface area contributed by atoms with Crippen LogP contribution in [0.15, 0.2) is 57.7 Å². The molecule has 1 aromatic heterocycles. The first kappa shape index (κ1) is 20.6. The minimum Gasteiger partial charge on any atom is -0.481 e. The molecule has 150 valence electrons. The predicted octanol–water partition coefficient (Wildman–Crippen LogP) is 3.74. The maximum atomic E-state index is 13.0. The van der Waals surface area contributed by atoms with E-state index in [1.807, 2.05) is 30.3 Å². The van der Waals surface area contributed by atoms with Crippen LogP contribution in [0.4, 0.5) is 0 Å². The highest BCUT2D eigenvalue weighted by Crippen LogP contribution is 2.28. The van der Waals surface area contributed by atoms with Gasteiger partial charge in [-0.2, -0.15) is 0 Å². The highest BCUT2D eigenvalue weighted by Gasteiger charge is 2.32. The van der Waals surface area contributed by atoms with Crippen molar-refractivity contribution in [2.45, 2.75) is 13.3 Å². The third-order valence-corrected chi connectivity index (χ3v) is 5.24. The van der Waals surface area contributed by atoms with Crippen molar-refractivity contribution in [2.75, 3.05) is 13.1 Å². The van der Waals surface area contributed by atoms with Gasteiger partial charge in [0.1, 0.15) is 5.76 Å². The molecule has 1 N–H and O–H groups in total. The van der Waals surface area contributed by atoms with E-state index in [0.717, 1.165) is 5.56 Å². The van der Waals surface area contributed by atoms with E-state index < -0.39 is 11.9 Å². The topological polar surface area (TPSA) is 87.8 Å². The van der Waals surface area contributed by atoms with Crippen LogP contribution in [0.2, 0.25) is 0 Å². The number of hydrogen-bond donors (Lipinski definition) is 1. The summed E-state index contributed by atoms with van der Waals surface area (Å²) in [6, 6.07) is 14.2. The van der Waals surface area contributed by atoms with Crippen molar-refractivity contribution in [3.63, 3.8) is 0 Å². The zero-order valence-electron chi connectivity index (χ0n) is 15.8. The third-order valence-electron chi connectivity index (χ3n) is 5.24. The summed E-state index contributed by atoms with van der Waals surface area (Å²) >= 11 is 0. The highest BCUT2D eigenvalue weighted by atomic mass is 35.5. The molecule has 6 nitrogen and oxygen atoms in total. The molecule has 3 aromatic rings. The van der Waals surface area contributed by atoms with Crippen LogP contribution in [0.3, 0.4) is 0 Å². The zero-order chi connectivity index (χ0) is 19.8. The number of benzene rings is 2. The number of fused-ring (bicyclic) bond motifs is 1. The van der Waals surface area contributed by atoms with Gasteiger partial charge in [-0.05, 0) is 25.5 Å². The van der Waals surface area contributed by atoms with Gasteiger partial charge >= 0.3 is 5.97 Å². The number of nitrogens with zero attached hydrogens (tertiary/aromatic N) is 1. The van der Waals surface area contributed by atoms with E-state index in [1.165, 1.54) is 4.90 Å². The molecule has 4 rings (SSSR count). The third kappa shape index (κ3) is 3.63. The molecule has 1 fully saturated rings. The van der Waals surface area contributed by atoms with Crippen molar-refractivity contribution >= 4 is 35.3 Å². The first-order valence-corrected chi connectivity index (χ1v) is 9.11. The fourth-order valence-electron chi connectivity index (χ4n) is 3.66. The summed E-state index contributed by atoms with van der Waals surface area (Å²) in [4.78, 5) is 38.7. The number of para-hydroxylation sites is 1. The van der Waals surface area contributed by atoms with Gasteiger partial charge in [-0.3, -0.25) is 14.4 Å². The van der Waals surface area contributed by atoms with Crippen LogP contribution in [0, 0.1) is 12.8 Å². The lowest BCUT2D eigenvalue weighted by Crippen LogP contribution is -2.30. The van der Waals surface area contributed by atoms with Crippen LogP contribution in [0.1, 0.15) is 22.3 Å². The molecule has 7 heteroatoms. The fourth-order valence-corrected chi connectivity index (χ4v) is 3.66. The number of carbonyl (C=O) groups excluding carboxylic acids is 1. The Kier molecular flexibility index (Phi) is 5.75. The van der Waals surface area contributed by atoms with Crippen LogP contribution in [0.25, 0.3) is 22.3 Å². The molecule has 1 aliphatic rings. The molecule has 1 saturated heterocycles. The minimum absolute atomic E-state index is 0. The number of aliphatic carboxylic acids is 1. The van der Waals surface area contributed by atoms with Gasteiger partial charge in [0.05, 0.1) is 16.9 Å². The number of hydrogen-bond acceptors (Lipinski definition) is 4. The SMILES string of the molecule is Cc1c(-c2ccccc2)oc2c(C(=O)N3CCC(C(=O)O)C3)cccc2c1=O.Cl.